The van der Waals surface area contributed by atoms with Crippen molar-refractivity contribution in [2.45, 2.75) is 27.2 Å². The number of rotatable bonds is 6. The minimum atomic E-state index is 0.561. The van der Waals surface area contributed by atoms with Crippen LogP contribution in [-0.2, 0) is 0 Å². The summed E-state index contributed by atoms with van der Waals surface area (Å²) in [6, 6.07) is 4.10. The van der Waals surface area contributed by atoms with Gasteiger partial charge in [0.2, 0.25) is 0 Å². The highest BCUT2D eigenvalue weighted by atomic mass is 32.1. The molecule has 0 atom stereocenters. The van der Waals surface area contributed by atoms with Crippen LogP contribution in [0.15, 0.2) is 18.3 Å². The van der Waals surface area contributed by atoms with Crippen molar-refractivity contribution in [1.82, 2.24) is 4.98 Å². The highest BCUT2D eigenvalue weighted by Gasteiger charge is 2.10. The predicted molar refractivity (Wildman–Crippen MR) is 77.4 cm³/mol. The Hall–Kier alpha value is -1.16. The normalized spacial score (nSPS) is 10.6. The van der Waals surface area contributed by atoms with E-state index in [1.54, 1.807) is 0 Å². The second-order valence-electron chi connectivity index (χ2n) is 4.75. The van der Waals surface area contributed by atoms with Crippen LogP contribution in [0.25, 0.3) is 0 Å². The first-order chi connectivity index (χ1) is 7.99. The molecule has 2 N–H and O–H groups in total. The topological polar surface area (TPSA) is 42.2 Å². The first-order valence-corrected chi connectivity index (χ1v) is 6.35. The summed E-state index contributed by atoms with van der Waals surface area (Å²) in [5, 5.41) is 0. The quantitative estimate of drug-likeness (QED) is 0.789. The van der Waals surface area contributed by atoms with E-state index in [-0.39, 0.29) is 0 Å². The number of anilines is 1. The van der Waals surface area contributed by atoms with Crippen LogP contribution in [0.4, 0.5) is 5.82 Å². The first kappa shape index (κ1) is 13.9. The van der Waals surface area contributed by atoms with E-state index in [1.807, 2.05) is 12.3 Å². The number of pyridine rings is 1. The summed E-state index contributed by atoms with van der Waals surface area (Å²) in [5.41, 5.74) is 6.79. The van der Waals surface area contributed by atoms with Gasteiger partial charge < -0.3 is 10.6 Å². The van der Waals surface area contributed by atoms with E-state index in [0.717, 1.165) is 25.3 Å². The summed E-state index contributed by atoms with van der Waals surface area (Å²) >= 11 is 4.93. The molecule has 1 heterocycles. The van der Waals surface area contributed by atoms with Gasteiger partial charge in [-0.25, -0.2) is 4.98 Å². The van der Waals surface area contributed by atoms with Crippen molar-refractivity contribution in [3.63, 3.8) is 0 Å². The highest BCUT2D eigenvalue weighted by molar-refractivity contribution is 7.80. The van der Waals surface area contributed by atoms with Gasteiger partial charge in [0.05, 0.1) is 4.99 Å². The van der Waals surface area contributed by atoms with Crippen molar-refractivity contribution >= 4 is 23.0 Å². The van der Waals surface area contributed by atoms with Gasteiger partial charge in [0.15, 0.2) is 0 Å². The van der Waals surface area contributed by atoms with E-state index in [1.165, 1.54) is 5.56 Å². The monoisotopic (exact) mass is 251 g/mol. The van der Waals surface area contributed by atoms with Crippen molar-refractivity contribution < 1.29 is 0 Å². The Labute approximate surface area is 109 Å². The fourth-order valence-electron chi connectivity index (χ4n) is 1.68. The van der Waals surface area contributed by atoms with Gasteiger partial charge in [-0.1, -0.05) is 26.1 Å². The Kier molecular flexibility index (Phi) is 5.35. The third-order valence-electron chi connectivity index (χ3n) is 2.44. The van der Waals surface area contributed by atoms with Crippen molar-refractivity contribution in [2.24, 2.45) is 11.7 Å². The fraction of sp³-hybridized carbons (Fsp3) is 0.538. The Morgan fingerprint density at radius 1 is 1.53 bits per heavy atom. The number of hydrogen-bond acceptors (Lipinski definition) is 3. The average molecular weight is 251 g/mol. The first-order valence-electron chi connectivity index (χ1n) is 5.95. The number of thiocarbonyl (C=S) groups is 1. The maximum atomic E-state index is 5.56. The third-order valence-corrected chi connectivity index (χ3v) is 2.64. The number of nitrogens with zero attached hydrogens (tertiary/aromatic N) is 2. The minimum absolute atomic E-state index is 0.561. The van der Waals surface area contributed by atoms with Crippen LogP contribution in [0, 0.1) is 12.8 Å². The molecule has 0 aliphatic rings. The van der Waals surface area contributed by atoms with Gasteiger partial charge in [-0.3, -0.25) is 0 Å². The largest absolute Gasteiger partial charge is 0.393 e. The molecule has 0 radical (unpaired) electrons. The number of nitrogens with two attached hydrogens (primary N) is 1. The van der Waals surface area contributed by atoms with Crippen LogP contribution in [0.2, 0.25) is 0 Å². The lowest BCUT2D eigenvalue weighted by molar-refractivity contribution is 0.609. The Morgan fingerprint density at radius 3 is 2.76 bits per heavy atom. The molecule has 3 nitrogen and oxygen atoms in total. The second kappa shape index (κ2) is 6.55. The van der Waals surface area contributed by atoms with Crippen LogP contribution in [-0.4, -0.2) is 23.1 Å². The molecule has 0 spiro atoms. The van der Waals surface area contributed by atoms with E-state index in [4.69, 9.17) is 18.0 Å². The van der Waals surface area contributed by atoms with Gasteiger partial charge in [0.1, 0.15) is 5.82 Å². The zero-order chi connectivity index (χ0) is 12.8. The summed E-state index contributed by atoms with van der Waals surface area (Å²) in [6.45, 7) is 8.28. The summed E-state index contributed by atoms with van der Waals surface area (Å²) < 4.78 is 0. The molecule has 0 aliphatic carbocycles. The molecule has 4 heteroatoms. The molecule has 0 amide bonds. The van der Waals surface area contributed by atoms with Gasteiger partial charge in [-0.15, -0.1) is 0 Å². The Bertz CT molecular complexity index is 377. The predicted octanol–water partition coefficient (Wildman–Crippen LogP) is 2.53. The molecule has 0 saturated heterocycles. The molecule has 17 heavy (non-hydrogen) atoms. The third kappa shape index (κ3) is 5.13. The summed E-state index contributed by atoms with van der Waals surface area (Å²) in [4.78, 5) is 7.22. The van der Waals surface area contributed by atoms with Crippen LogP contribution >= 0.6 is 12.2 Å². The lowest BCUT2D eigenvalue weighted by atomic mass is 10.2. The maximum absolute atomic E-state index is 5.56. The fourth-order valence-corrected chi connectivity index (χ4v) is 1.77. The van der Waals surface area contributed by atoms with Crippen LogP contribution < -0.4 is 10.6 Å². The van der Waals surface area contributed by atoms with E-state index < -0.39 is 0 Å². The highest BCUT2D eigenvalue weighted by Crippen LogP contribution is 2.14. The molecule has 0 aliphatic heterocycles. The van der Waals surface area contributed by atoms with Crippen molar-refractivity contribution in [1.29, 1.82) is 0 Å². The summed E-state index contributed by atoms with van der Waals surface area (Å²) in [7, 11) is 0. The number of aromatic nitrogens is 1. The molecule has 94 valence electrons. The molecule has 0 bridgehead atoms. The number of aryl methyl sites for hydroxylation is 1. The zero-order valence-corrected chi connectivity index (χ0v) is 11.6. The summed E-state index contributed by atoms with van der Waals surface area (Å²) in [6.07, 6.45) is 2.58. The zero-order valence-electron chi connectivity index (χ0n) is 10.8. The van der Waals surface area contributed by atoms with Gasteiger partial charge in [-0.05, 0) is 30.5 Å². The van der Waals surface area contributed by atoms with Gasteiger partial charge >= 0.3 is 0 Å². The van der Waals surface area contributed by atoms with Crippen LogP contribution in [0.5, 0.6) is 0 Å². The standard InChI is InChI=1S/C13H21N3S/c1-10(2)9-16(7-5-12(14)17)13-8-11(3)4-6-15-13/h4,6,8,10H,5,7,9H2,1-3H3,(H2,14,17). The Morgan fingerprint density at radius 2 is 2.24 bits per heavy atom. The summed E-state index contributed by atoms with van der Waals surface area (Å²) in [5.74, 6) is 1.60. The minimum Gasteiger partial charge on any atom is -0.393 e. The van der Waals surface area contributed by atoms with E-state index in [0.29, 0.717) is 10.9 Å². The van der Waals surface area contributed by atoms with Crippen molar-refractivity contribution in [2.75, 3.05) is 18.0 Å². The maximum Gasteiger partial charge on any atom is 0.128 e. The molecule has 0 saturated carbocycles. The molecule has 0 fully saturated rings. The molecule has 1 aromatic rings. The molecular formula is C13H21N3S. The van der Waals surface area contributed by atoms with E-state index in [2.05, 4.69) is 36.7 Å². The van der Waals surface area contributed by atoms with E-state index in [9.17, 15) is 0 Å². The average Bonchev–Trinajstić information content (AvgIpc) is 2.23. The molecule has 0 aromatic carbocycles. The van der Waals surface area contributed by atoms with Gasteiger partial charge in [0, 0.05) is 25.7 Å². The van der Waals surface area contributed by atoms with Crippen LogP contribution in [0.1, 0.15) is 25.8 Å². The smallest absolute Gasteiger partial charge is 0.128 e. The van der Waals surface area contributed by atoms with Gasteiger partial charge in [-0.2, -0.15) is 0 Å². The van der Waals surface area contributed by atoms with E-state index >= 15 is 0 Å². The second-order valence-corrected chi connectivity index (χ2v) is 5.27. The Balaban J connectivity index is 2.77. The lowest BCUT2D eigenvalue weighted by Crippen LogP contribution is -2.31. The SMILES string of the molecule is Cc1ccnc(N(CCC(N)=S)CC(C)C)c1. The van der Waals surface area contributed by atoms with Crippen molar-refractivity contribution in [3.8, 4) is 0 Å². The molecule has 1 rings (SSSR count). The van der Waals surface area contributed by atoms with Crippen LogP contribution in [0.3, 0.4) is 0 Å². The van der Waals surface area contributed by atoms with Gasteiger partial charge in [0.25, 0.3) is 0 Å². The van der Waals surface area contributed by atoms with Crippen molar-refractivity contribution in [3.05, 3.63) is 23.9 Å². The lowest BCUT2D eigenvalue weighted by Gasteiger charge is -2.25. The molecule has 0 unspecified atom stereocenters. The molecular weight excluding hydrogens is 230 g/mol. The molecule has 1 aromatic heterocycles. The number of hydrogen-bond donors (Lipinski definition) is 1.